The Morgan fingerprint density at radius 3 is 0.538 bits per heavy atom. The third-order valence-electron chi connectivity index (χ3n) is 20.8. The second kappa shape index (κ2) is 88.0. The van der Waals surface area contributed by atoms with Crippen LogP contribution in [0.2, 0.25) is 0 Å². The zero-order valence-corrected chi connectivity index (χ0v) is 98.3. The summed E-state index contributed by atoms with van der Waals surface area (Å²) < 4.78 is 0. The lowest BCUT2D eigenvalue weighted by atomic mass is 9.71. The van der Waals surface area contributed by atoms with Crippen molar-refractivity contribution in [2.45, 2.75) is 650 Å². The number of hydrogen-bond donors (Lipinski definition) is 0. The average molecular weight is 1670 g/mol. The largest absolute Gasteiger partial charge is 0.0654 e. The molecule has 0 saturated heterocycles. The molecule has 0 aromatic carbocycles. The third-order valence-corrected chi connectivity index (χ3v) is 20.8. The molecule has 0 amide bonds. The average Bonchev–Trinajstić information content (AvgIpc) is 0.875. The lowest BCUT2D eigenvalue weighted by Crippen LogP contribution is -2.25. The maximum atomic E-state index is 2.38. The molecule has 0 nitrogen and oxygen atoms in total. The van der Waals surface area contributed by atoms with E-state index in [2.05, 4.69) is 457 Å². The van der Waals surface area contributed by atoms with Gasteiger partial charge in [-0.3, -0.25) is 0 Å². The Hall–Kier alpha value is 0. The van der Waals surface area contributed by atoms with Crippen LogP contribution in [0.25, 0.3) is 0 Å². The van der Waals surface area contributed by atoms with Gasteiger partial charge >= 0.3 is 0 Å². The Kier molecular flexibility index (Phi) is 116. The predicted octanol–water partition coefficient (Wildman–Crippen LogP) is 46.6. The summed E-state index contributed by atoms with van der Waals surface area (Å²) in [6.45, 7) is 149. The molecule has 0 saturated carbocycles. The Bertz CT molecular complexity index is 1670. The van der Waals surface area contributed by atoms with Crippen LogP contribution in [0.15, 0.2) is 0 Å². The van der Waals surface area contributed by atoms with Gasteiger partial charge in [0.25, 0.3) is 0 Å². The molecule has 0 fully saturated rings. The highest BCUT2D eigenvalue weighted by molar-refractivity contribution is 4.78. The SMILES string of the molecule is CC(C)(C)C.CC(C)(C)C(C)(C)C.CC(C)(C)CC(C)(C)C.CC(C)C.CC(C)C(C)(C)C.CC(C)C(C)(C)C.CCC(C)(C)C.CCC(C)C.CCC(C)CC.CCCC(C)(C)C.CCCC(C)(C)CC(C)(C)C.CCCC(C)C.CCCCC(C)(C)C.CCCCC(C)CC.CCCCC(C)CCCC.CCCCCCC(C)(C)C. The summed E-state index contributed by atoms with van der Waals surface area (Å²) in [6.07, 6.45) is 40.9. The van der Waals surface area contributed by atoms with Crippen LogP contribution >= 0.6 is 0 Å². The number of rotatable bonds is 25. The van der Waals surface area contributed by atoms with Crippen molar-refractivity contribution in [1.82, 2.24) is 0 Å². The molecule has 0 aliphatic heterocycles. The fourth-order valence-corrected chi connectivity index (χ4v) is 9.20. The van der Waals surface area contributed by atoms with E-state index in [0.717, 1.165) is 47.3 Å². The zero-order chi connectivity index (χ0) is 98.3. The van der Waals surface area contributed by atoms with Gasteiger partial charge in [0.15, 0.2) is 0 Å². The van der Waals surface area contributed by atoms with Crippen LogP contribution in [0.5, 0.6) is 0 Å². The molecular weight excluding hydrogens is 1410 g/mol. The second-order valence-electron chi connectivity index (χ2n) is 53.4. The number of unbranched alkanes of at least 4 members (excludes halogenated alkanes) is 7. The van der Waals surface area contributed by atoms with Crippen LogP contribution in [-0.2, 0) is 0 Å². The summed E-state index contributed by atoms with van der Waals surface area (Å²) in [7, 11) is 0. The fraction of sp³-hybridized carbons (Fsp3) is 1.00. The maximum absolute atomic E-state index is 2.38. The smallest absolute Gasteiger partial charge is 0.0334 e. The topological polar surface area (TPSA) is 0 Å². The van der Waals surface area contributed by atoms with E-state index < -0.39 is 0 Å². The molecule has 0 bridgehead atoms. The van der Waals surface area contributed by atoms with Crippen LogP contribution in [0.3, 0.4) is 0 Å². The molecule has 117 heavy (non-hydrogen) atoms. The predicted molar refractivity (Wildman–Crippen MR) is 573 cm³/mol. The molecule has 0 heterocycles. The Balaban J connectivity index is -0.0000000668. The summed E-state index contributed by atoms with van der Waals surface area (Å²) in [5.74, 6) is 7.07. The van der Waals surface area contributed by atoms with E-state index in [4.69, 9.17) is 0 Å². The van der Waals surface area contributed by atoms with Crippen LogP contribution in [0, 0.1) is 118 Å². The lowest BCUT2D eigenvalue weighted by Gasteiger charge is -2.34. The van der Waals surface area contributed by atoms with E-state index >= 15 is 0 Å². The first-order valence-corrected chi connectivity index (χ1v) is 51.6. The van der Waals surface area contributed by atoms with Gasteiger partial charge < -0.3 is 0 Å². The third kappa shape index (κ3) is 242. The molecule has 1 unspecified atom stereocenters. The minimum Gasteiger partial charge on any atom is -0.0654 e. The quantitative estimate of drug-likeness (QED) is 0.0799. The van der Waals surface area contributed by atoms with Crippen LogP contribution < -0.4 is 0 Å². The first-order valence-electron chi connectivity index (χ1n) is 51.6. The first-order chi connectivity index (χ1) is 51.6. The molecule has 0 heteroatoms. The summed E-state index contributed by atoms with van der Waals surface area (Å²) >= 11 is 0. The fourth-order valence-electron chi connectivity index (χ4n) is 9.20. The molecule has 0 rings (SSSR count). The number of hydrogen-bond acceptors (Lipinski definition) is 0. The monoisotopic (exact) mass is 1670 g/mol. The molecule has 0 aromatic heterocycles. The van der Waals surface area contributed by atoms with Crippen LogP contribution in [0.1, 0.15) is 650 Å². The molecule has 0 aliphatic carbocycles. The summed E-state index contributed by atoms with van der Waals surface area (Å²) in [6, 6.07) is 0. The van der Waals surface area contributed by atoms with Crippen molar-refractivity contribution in [2.24, 2.45) is 118 Å². The van der Waals surface area contributed by atoms with Crippen molar-refractivity contribution in [2.75, 3.05) is 0 Å². The summed E-state index contributed by atoms with van der Waals surface area (Å²) in [5, 5.41) is 0. The highest BCUT2D eigenvalue weighted by atomic mass is 14.3. The Morgan fingerprint density at radius 2 is 0.427 bits per heavy atom. The van der Waals surface area contributed by atoms with Crippen molar-refractivity contribution in [3.05, 3.63) is 0 Å². The van der Waals surface area contributed by atoms with Crippen molar-refractivity contribution >= 4 is 0 Å². The molecular formula is C117H266. The Morgan fingerprint density at radius 1 is 0.197 bits per heavy atom. The maximum Gasteiger partial charge on any atom is -0.0334 e. The highest BCUT2D eigenvalue weighted by Gasteiger charge is 2.27. The normalized spacial score (nSPS) is 12.2. The van der Waals surface area contributed by atoms with E-state index in [1.807, 2.05) is 0 Å². The summed E-state index contributed by atoms with van der Waals surface area (Å²) in [5.41, 5.74) is 6.56. The lowest BCUT2D eigenvalue weighted by molar-refractivity contribution is 0.157. The zero-order valence-electron chi connectivity index (χ0n) is 98.3. The van der Waals surface area contributed by atoms with Gasteiger partial charge in [-0.2, -0.15) is 0 Å². The molecule has 734 valence electrons. The van der Waals surface area contributed by atoms with Gasteiger partial charge in [-0.25, -0.2) is 0 Å². The first kappa shape index (κ1) is 154. The standard InChI is InChI=1S/C11H24.2C10H22.C9H20.3C8H18.3C7H16.3C6H14.2C5H12.C4H10/c1-7-8-11(5,6)9-10(2,3)4;1-5-6-7-8-9-10(2,3)4;1-4-6-8-10(3)9-7-5-2;1-8(2,3)7-9(4,5)6;1-7(2,3)8(4,5)6;1-5-6-7-8(2,3)4;1-4-6-7-8(3)5-2;2*1-6(2)7(3,4)5;1-5-6-7(2,3)4;1-5-6(2,3)4;1-4-5-6(2)3;1-4-6(3)5-2;1-5(2,3)4;1-4-5(2)3;1-4(2)3/h7-9H2,1-6H3;5-9H2,1-4H3;10H,4-9H2,1-3H3;7H2,1-6H3;1-6H3;5-7H2,1-4H3;8H,4-7H2,1-3H3;2*6H,1-5H3;5-6H2,1-4H3;5H2,1-4H3;2*6H,4-5H2,1-3H3;1-4H3;5H,4H2,1-3H3;4H,1-3H3. The van der Waals surface area contributed by atoms with Gasteiger partial charge in [-0.15, -0.1) is 0 Å². The van der Waals surface area contributed by atoms with Crippen LogP contribution in [-0.4, -0.2) is 0 Å². The van der Waals surface area contributed by atoms with Crippen molar-refractivity contribution < 1.29 is 0 Å². The van der Waals surface area contributed by atoms with E-state index in [9.17, 15) is 0 Å². The van der Waals surface area contributed by atoms with Crippen molar-refractivity contribution in [1.29, 1.82) is 0 Å². The van der Waals surface area contributed by atoms with E-state index in [1.54, 1.807) is 0 Å². The molecule has 1 atom stereocenters. The van der Waals surface area contributed by atoms with Gasteiger partial charge in [0.2, 0.25) is 0 Å². The van der Waals surface area contributed by atoms with Gasteiger partial charge in [0, 0.05) is 0 Å². The van der Waals surface area contributed by atoms with Gasteiger partial charge in [0.1, 0.15) is 0 Å². The van der Waals surface area contributed by atoms with Gasteiger partial charge in [0.05, 0.1) is 0 Å². The second-order valence-corrected chi connectivity index (χ2v) is 53.4. The minimum atomic E-state index is 0.437. The van der Waals surface area contributed by atoms with Gasteiger partial charge in [-0.1, -0.05) is 611 Å². The highest BCUT2D eigenvalue weighted by Crippen LogP contribution is 2.38. The molecule has 0 radical (unpaired) electrons. The molecule has 0 aliphatic rings. The minimum absolute atomic E-state index is 0.437. The van der Waals surface area contributed by atoms with Crippen molar-refractivity contribution in [3.8, 4) is 0 Å². The van der Waals surface area contributed by atoms with E-state index in [1.165, 1.54) is 193 Å². The van der Waals surface area contributed by atoms with Crippen LogP contribution in [0.4, 0.5) is 0 Å². The molecule has 0 aromatic rings. The van der Waals surface area contributed by atoms with Crippen molar-refractivity contribution in [3.63, 3.8) is 0 Å². The summed E-state index contributed by atoms with van der Waals surface area (Å²) in [4.78, 5) is 0. The molecule has 0 spiro atoms. The molecule has 0 N–H and O–H groups in total. The van der Waals surface area contributed by atoms with E-state index in [0.29, 0.717) is 70.4 Å². The van der Waals surface area contributed by atoms with E-state index in [-0.39, 0.29) is 0 Å². The Labute approximate surface area is 762 Å². The van der Waals surface area contributed by atoms with Gasteiger partial charge in [-0.05, 0) is 156 Å².